The molecule has 0 atom stereocenters. The molecule has 0 radical (unpaired) electrons. The second kappa shape index (κ2) is 7.13. The summed E-state index contributed by atoms with van der Waals surface area (Å²) in [4.78, 5) is 29.8. The average Bonchev–Trinajstić information content (AvgIpc) is 3.30. The standard InChI is InChI=1S/C18H15ClN4O3S/c19-14-5-4-12(23(25)26)10-13(14)17(24)20-11-3-6-15-16(9-11)27-18(21-15)22-7-1-2-8-22/h3-6,9-10H,1-2,7-8H2,(H,20,24). The van der Waals surface area contributed by atoms with Crippen molar-refractivity contribution in [3.8, 4) is 0 Å². The Bertz CT molecular complexity index is 1050. The molecule has 1 fully saturated rings. The summed E-state index contributed by atoms with van der Waals surface area (Å²) in [6.45, 7) is 2.05. The minimum atomic E-state index is -0.559. The number of carbonyl (C=O) groups excluding carboxylic acids is 1. The van der Waals surface area contributed by atoms with Gasteiger partial charge in [0.1, 0.15) is 0 Å². The Labute approximate surface area is 163 Å². The summed E-state index contributed by atoms with van der Waals surface area (Å²) in [5.74, 6) is -0.493. The molecule has 0 unspecified atom stereocenters. The van der Waals surface area contributed by atoms with E-state index in [-0.39, 0.29) is 16.3 Å². The highest BCUT2D eigenvalue weighted by Gasteiger charge is 2.18. The van der Waals surface area contributed by atoms with Gasteiger partial charge in [-0.3, -0.25) is 14.9 Å². The van der Waals surface area contributed by atoms with Gasteiger partial charge in [-0.15, -0.1) is 0 Å². The topological polar surface area (TPSA) is 88.4 Å². The van der Waals surface area contributed by atoms with Crippen molar-refractivity contribution in [2.45, 2.75) is 12.8 Å². The average molecular weight is 403 g/mol. The number of thiazole rings is 1. The third-order valence-corrected chi connectivity index (χ3v) is 5.83. The monoisotopic (exact) mass is 402 g/mol. The first-order valence-electron chi connectivity index (χ1n) is 8.42. The van der Waals surface area contributed by atoms with Crippen LogP contribution in [0.1, 0.15) is 23.2 Å². The largest absolute Gasteiger partial charge is 0.348 e. The van der Waals surface area contributed by atoms with Crippen LogP contribution in [-0.2, 0) is 0 Å². The van der Waals surface area contributed by atoms with Gasteiger partial charge in [-0.2, -0.15) is 0 Å². The summed E-state index contributed by atoms with van der Waals surface area (Å²) >= 11 is 7.63. The van der Waals surface area contributed by atoms with E-state index in [1.807, 2.05) is 12.1 Å². The molecule has 1 aliphatic heterocycles. The van der Waals surface area contributed by atoms with Crippen LogP contribution in [-0.4, -0.2) is 28.9 Å². The molecular formula is C18H15ClN4O3S. The Hall–Kier alpha value is -2.71. The molecular weight excluding hydrogens is 388 g/mol. The molecule has 0 aliphatic carbocycles. The van der Waals surface area contributed by atoms with Crippen LogP contribution in [0.4, 0.5) is 16.5 Å². The maximum Gasteiger partial charge on any atom is 0.270 e. The molecule has 4 rings (SSSR count). The van der Waals surface area contributed by atoms with Crippen LogP contribution in [0.5, 0.6) is 0 Å². The molecule has 2 aromatic carbocycles. The molecule has 1 aliphatic rings. The number of aromatic nitrogens is 1. The summed E-state index contributed by atoms with van der Waals surface area (Å²) < 4.78 is 0.972. The van der Waals surface area contributed by atoms with Gasteiger partial charge in [-0.1, -0.05) is 22.9 Å². The fraction of sp³-hybridized carbons (Fsp3) is 0.222. The molecule has 7 nitrogen and oxygen atoms in total. The van der Waals surface area contributed by atoms with Crippen LogP contribution >= 0.6 is 22.9 Å². The number of benzene rings is 2. The van der Waals surface area contributed by atoms with Crippen LogP contribution in [0.25, 0.3) is 10.2 Å². The minimum absolute atomic E-state index is 0.0630. The number of carbonyl (C=O) groups is 1. The Morgan fingerprint density at radius 2 is 2.00 bits per heavy atom. The molecule has 27 heavy (non-hydrogen) atoms. The first kappa shape index (κ1) is 17.7. The van der Waals surface area contributed by atoms with Crippen LogP contribution < -0.4 is 10.2 Å². The lowest BCUT2D eigenvalue weighted by Gasteiger charge is -2.11. The quantitative estimate of drug-likeness (QED) is 0.504. The van der Waals surface area contributed by atoms with Crippen molar-refractivity contribution < 1.29 is 9.72 Å². The van der Waals surface area contributed by atoms with E-state index in [0.29, 0.717) is 5.69 Å². The predicted octanol–water partition coefficient (Wildman–Crippen LogP) is 4.71. The maximum atomic E-state index is 12.5. The minimum Gasteiger partial charge on any atom is -0.348 e. The molecule has 1 N–H and O–H groups in total. The number of hydrogen-bond acceptors (Lipinski definition) is 6. The van der Waals surface area contributed by atoms with Gasteiger partial charge in [-0.25, -0.2) is 4.98 Å². The molecule has 1 amide bonds. The Kier molecular flexibility index (Phi) is 4.67. The van der Waals surface area contributed by atoms with E-state index in [0.717, 1.165) is 28.4 Å². The normalized spacial score (nSPS) is 13.9. The summed E-state index contributed by atoms with van der Waals surface area (Å²) in [5.41, 5.74) is 1.35. The van der Waals surface area contributed by atoms with Crippen LogP contribution in [0.2, 0.25) is 5.02 Å². The van der Waals surface area contributed by atoms with Crippen molar-refractivity contribution in [1.82, 2.24) is 4.98 Å². The number of hydrogen-bond donors (Lipinski definition) is 1. The molecule has 138 valence electrons. The number of non-ortho nitro benzene ring substituents is 1. The van der Waals surface area contributed by atoms with E-state index in [4.69, 9.17) is 11.6 Å². The van der Waals surface area contributed by atoms with Crippen molar-refractivity contribution in [2.75, 3.05) is 23.3 Å². The highest BCUT2D eigenvalue weighted by atomic mass is 35.5. The predicted molar refractivity (Wildman–Crippen MR) is 107 cm³/mol. The number of rotatable bonds is 4. The maximum absolute atomic E-state index is 12.5. The lowest BCUT2D eigenvalue weighted by atomic mass is 10.2. The lowest BCUT2D eigenvalue weighted by Crippen LogP contribution is -2.16. The van der Waals surface area contributed by atoms with Crippen LogP contribution in [0.3, 0.4) is 0 Å². The van der Waals surface area contributed by atoms with Crippen molar-refractivity contribution in [3.63, 3.8) is 0 Å². The fourth-order valence-corrected chi connectivity index (χ4v) is 4.29. The Morgan fingerprint density at radius 3 is 2.74 bits per heavy atom. The van der Waals surface area contributed by atoms with Crippen molar-refractivity contribution in [2.24, 2.45) is 0 Å². The zero-order valence-corrected chi connectivity index (χ0v) is 15.7. The smallest absolute Gasteiger partial charge is 0.270 e. The molecule has 3 aromatic rings. The zero-order chi connectivity index (χ0) is 19.0. The van der Waals surface area contributed by atoms with Gasteiger partial charge < -0.3 is 10.2 Å². The van der Waals surface area contributed by atoms with Crippen molar-refractivity contribution in [1.29, 1.82) is 0 Å². The second-order valence-electron chi connectivity index (χ2n) is 6.25. The molecule has 0 spiro atoms. The van der Waals surface area contributed by atoms with Crippen LogP contribution in [0.15, 0.2) is 36.4 Å². The second-order valence-corrected chi connectivity index (χ2v) is 7.66. The third-order valence-electron chi connectivity index (χ3n) is 4.42. The van der Waals surface area contributed by atoms with E-state index < -0.39 is 10.8 Å². The third kappa shape index (κ3) is 3.58. The van der Waals surface area contributed by atoms with Gasteiger partial charge in [0.15, 0.2) is 5.13 Å². The number of halogens is 1. The lowest BCUT2D eigenvalue weighted by molar-refractivity contribution is -0.384. The van der Waals surface area contributed by atoms with Gasteiger partial charge in [-0.05, 0) is 37.1 Å². The van der Waals surface area contributed by atoms with Gasteiger partial charge >= 0.3 is 0 Å². The SMILES string of the molecule is O=C(Nc1ccc2nc(N3CCCC3)sc2c1)c1cc([N+](=O)[O-])ccc1Cl. The Balaban J connectivity index is 1.58. The van der Waals surface area contributed by atoms with Crippen molar-refractivity contribution in [3.05, 3.63) is 57.1 Å². The van der Waals surface area contributed by atoms with E-state index in [1.165, 1.54) is 31.0 Å². The number of nitro benzene ring substituents is 1. The van der Waals surface area contributed by atoms with Crippen LogP contribution in [0, 0.1) is 10.1 Å². The zero-order valence-electron chi connectivity index (χ0n) is 14.1. The molecule has 2 heterocycles. The molecule has 1 aromatic heterocycles. The van der Waals surface area contributed by atoms with Gasteiger partial charge in [0, 0.05) is 30.9 Å². The number of anilines is 2. The summed E-state index contributed by atoms with van der Waals surface area (Å²) in [5, 5.41) is 14.8. The van der Waals surface area contributed by atoms with E-state index in [2.05, 4.69) is 15.2 Å². The number of nitro groups is 1. The molecule has 1 saturated heterocycles. The van der Waals surface area contributed by atoms with E-state index in [1.54, 1.807) is 17.4 Å². The van der Waals surface area contributed by atoms with Gasteiger partial charge in [0.05, 0.1) is 25.7 Å². The number of nitrogens with zero attached hydrogens (tertiary/aromatic N) is 3. The van der Waals surface area contributed by atoms with E-state index in [9.17, 15) is 14.9 Å². The number of nitrogens with one attached hydrogen (secondary N) is 1. The number of fused-ring (bicyclic) bond motifs is 1. The fourth-order valence-electron chi connectivity index (χ4n) is 3.03. The highest BCUT2D eigenvalue weighted by molar-refractivity contribution is 7.22. The summed E-state index contributed by atoms with van der Waals surface area (Å²) in [6.07, 6.45) is 2.36. The Morgan fingerprint density at radius 1 is 1.22 bits per heavy atom. The molecule has 0 bridgehead atoms. The van der Waals surface area contributed by atoms with Crippen molar-refractivity contribution >= 4 is 55.6 Å². The highest BCUT2D eigenvalue weighted by Crippen LogP contribution is 2.32. The van der Waals surface area contributed by atoms with Gasteiger partial charge in [0.25, 0.3) is 11.6 Å². The molecule has 0 saturated carbocycles. The summed E-state index contributed by atoms with van der Waals surface area (Å²) in [6, 6.07) is 9.27. The number of amides is 1. The first-order chi connectivity index (χ1) is 13.0. The van der Waals surface area contributed by atoms with E-state index >= 15 is 0 Å². The summed E-state index contributed by atoms with van der Waals surface area (Å²) in [7, 11) is 0. The first-order valence-corrected chi connectivity index (χ1v) is 9.61. The van der Waals surface area contributed by atoms with Gasteiger partial charge in [0.2, 0.25) is 0 Å². The molecule has 9 heteroatoms.